The van der Waals surface area contributed by atoms with E-state index in [9.17, 15) is 19.5 Å². The van der Waals surface area contributed by atoms with Gasteiger partial charge in [-0.3, -0.25) is 9.78 Å². The van der Waals surface area contributed by atoms with Gasteiger partial charge in [-0.05, 0) is 12.1 Å². The van der Waals surface area contributed by atoms with Crippen molar-refractivity contribution < 1.29 is 14.6 Å². The number of hydrazone groups is 1. The topological polar surface area (TPSA) is 152 Å². The monoisotopic (exact) mass is 319 g/mol. The van der Waals surface area contributed by atoms with Crippen LogP contribution in [0.4, 0.5) is 4.79 Å². The van der Waals surface area contributed by atoms with E-state index in [2.05, 4.69) is 5.10 Å². The van der Waals surface area contributed by atoms with Gasteiger partial charge in [0.2, 0.25) is 5.88 Å². The molecule has 10 heteroatoms. The number of carbonyl (C=O) groups excluding carboxylic acids is 1. The number of urea groups is 1. The van der Waals surface area contributed by atoms with E-state index in [1.807, 2.05) is 10.4 Å². The second-order valence-electron chi connectivity index (χ2n) is 4.24. The number of aromatic hydroxyl groups is 1. The third-order valence-corrected chi connectivity index (χ3v) is 2.82. The molecule has 0 aliphatic carbocycles. The van der Waals surface area contributed by atoms with Crippen LogP contribution in [0.25, 0.3) is 5.69 Å². The molecule has 1 aromatic heterocycles. The average molecular weight is 319 g/mol. The molecule has 23 heavy (non-hydrogen) atoms. The number of benzene rings is 1. The van der Waals surface area contributed by atoms with Crippen LogP contribution in [-0.4, -0.2) is 34.0 Å². The number of nitrogens with two attached hydrogens (primary N) is 1. The number of aromatic nitrogens is 2. The van der Waals surface area contributed by atoms with Crippen molar-refractivity contribution >= 4 is 12.2 Å². The van der Waals surface area contributed by atoms with Crippen molar-refractivity contribution in [3.05, 3.63) is 50.7 Å². The summed E-state index contributed by atoms with van der Waals surface area (Å²) < 4.78 is 5.96. The van der Waals surface area contributed by atoms with E-state index in [1.54, 1.807) is 18.2 Å². The molecule has 2 rings (SSSR count). The lowest BCUT2D eigenvalue weighted by Gasteiger charge is -2.12. The van der Waals surface area contributed by atoms with Crippen LogP contribution in [0, 0.1) is 0 Å². The number of nitrogens with one attached hydrogen (secondary N) is 2. The van der Waals surface area contributed by atoms with Gasteiger partial charge in [0, 0.05) is 0 Å². The minimum Gasteiger partial charge on any atom is -0.495 e. The molecule has 0 aliphatic rings. The molecule has 0 saturated carbocycles. The minimum atomic E-state index is -0.949. The first-order valence-corrected chi connectivity index (χ1v) is 6.26. The van der Waals surface area contributed by atoms with Crippen LogP contribution in [0.3, 0.4) is 0 Å². The molecule has 0 fully saturated rings. The van der Waals surface area contributed by atoms with Gasteiger partial charge in [-0.1, -0.05) is 12.1 Å². The number of amides is 2. The second-order valence-corrected chi connectivity index (χ2v) is 4.24. The Morgan fingerprint density at radius 3 is 2.78 bits per heavy atom. The van der Waals surface area contributed by atoms with Gasteiger partial charge in [-0.2, -0.15) is 5.10 Å². The molecule has 1 aromatic carbocycles. The van der Waals surface area contributed by atoms with E-state index in [4.69, 9.17) is 10.5 Å². The molecular weight excluding hydrogens is 306 g/mol. The minimum absolute atomic E-state index is 0.214. The number of ether oxygens (including phenoxy) is 1. The van der Waals surface area contributed by atoms with Crippen molar-refractivity contribution in [3.63, 3.8) is 0 Å². The molecule has 5 N–H and O–H groups in total. The zero-order valence-electron chi connectivity index (χ0n) is 11.9. The van der Waals surface area contributed by atoms with Crippen LogP contribution in [0.5, 0.6) is 11.6 Å². The van der Waals surface area contributed by atoms with Gasteiger partial charge in [0.15, 0.2) is 0 Å². The summed E-state index contributed by atoms with van der Waals surface area (Å²) in [5, 5.41) is 13.6. The zero-order chi connectivity index (χ0) is 17.0. The van der Waals surface area contributed by atoms with Gasteiger partial charge in [0.1, 0.15) is 11.3 Å². The molecule has 2 aromatic rings. The fourth-order valence-corrected chi connectivity index (χ4v) is 1.85. The number of hydrogen-bond acceptors (Lipinski definition) is 6. The highest BCUT2D eigenvalue weighted by atomic mass is 16.5. The fraction of sp³-hybridized carbons (Fsp3) is 0.0769. The van der Waals surface area contributed by atoms with Gasteiger partial charge in [0.25, 0.3) is 5.56 Å². The van der Waals surface area contributed by atoms with E-state index in [-0.39, 0.29) is 11.3 Å². The molecule has 0 radical (unpaired) electrons. The van der Waals surface area contributed by atoms with Gasteiger partial charge in [-0.15, -0.1) is 0 Å². The van der Waals surface area contributed by atoms with Gasteiger partial charge < -0.3 is 15.6 Å². The molecule has 0 unspecified atom stereocenters. The van der Waals surface area contributed by atoms with Crippen LogP contribution in [0.2, 0.25) is 0 Å². The lowest BCUT2D eigenvalue weighted by atomic mass is 10.2. The Hall–Kier alpha value is -3.56. The normalized spacial score (nSPS) is 10.7. The molecule has 0 bridgehead atoms. The zero-order valence-corrected chi connectivity index (χ0v) is 11.9. The van der Waals surface area contributed by atoms with E-state index < -0.39 is 23.2 Å². The van der Waals surface area contributed by atoms with Gasteiger partial charge in [0.05, 0.1) is 19.0 Å². The smallest absolute Gasteiger partial charge is 0.335 e. The maximum absolute atomic E-state index is 12.0. The number of H-pyrrole nitrogens is 1. The molecular formula is C13H13N5O5. The summed E-state index contributed by atoms with van der Waals surface area (Å²) in [4.78, 5) is 36.4. The largest absolute Gasteiger partial charge is 0.495 e. The van der Waals surface area contributed by atoms with Crippen LogP contribution in [0.15, 0.2) is 39.0 Å². The Morgan fingerprint density at radius 2 is 2.13 bits per heavy atom. The first-order chi connectivity index (χ1) is 11.0. The lowest BCUT2D eigenvalue weighted by molar-refractivity contribution is 0.249. The third-order valence-electron chi connectivity index (χ3n) is 2.82. The number of para-hydroxylation sites is 2. The molecule has 0 spiro atoms. The summed E-state index contributed by atoms with van der Waals surface area (Å²) in [6, 6.07) is 5.44. The number of aromatic amines is 1. The van der Waals surface area contributed by atoms with E-state index in [1.165, 1.54) is 13.2 Å². The predicted octanol–water partition coefficient (Wildman–Crippen LogP) is -0.758. The number of primary amides is 1. The average Bonchev–Trinajstić information content (AvgIpc) is 2.50. The van der Waals surface area contributed by atoms with Crippen molar-refractivity contribution in [1.82, 2.24) is 15.0 Å². The Bertz CT molecular complexity index is 883. The van der Waals surface area contributed by atoms with Crippen molar-refractivity contribution in [3.8, 4) is 17.3 Å². The quantitative estimate of drug-likeness (QED) is 0.431. The van der Waals surface area contributed by atoms with Gasteiger partial charge >= 0.3 is 11.7 Å². The van der Waals surface area contributed by atoms with Crippen molar-refractivity contribution in [1.29, 1.82) is 0 Å². The second kappa shape index (κ2) is 6.47. The maximum atomic E-state index is 12.0. The van der Waals surface area contributed by atoms with E-state index in [0.717, 1.165) is 10.8 Å². The Labute approximate surface area is 128 Å². The molecule has 10 nitrogen and oxygen atoms in total. The maximum Gasteiger partial charge on any atom is 0.335 e. The Balaban J connectivity index is 2.66. The number of methoxy groups -OCH3 is 1. The molecule has 2 amide bonds. The van der Waals surface area contributed by atoms with Crippen LogP contribution in [-0.2, 0) is 0 Å². The van der Waals surface area contributed by atoms with E-state index >= 15 is 0 Å². The molecule has 0 atom stereocenters. The van der Waals surface area contributed by atoms with Crippen molar-refractivity contribution in [2.75, 3.05) is 7.11 Å². The standard InChI is InChI=1S/C13H13N5O5/c1-23-9-5-3-2-4-8(9)18-11(20)7(6-15-17-12(14)21)10(19)16-13(18)22/h2-6,20H,1H3,(H3,14,17,21)(H,16,19,22)/b15-6+. The molecule has 1 heterocycles. The predicted molar refractivity (Wildman–Crippen MR) is 81.2 cm³/mol. The first-order valence-electron chi connectivity index (χ1n) is 6.26. The van der Waals surface area contributed by atoms with Gasteiger partial charge in [-0.25, -0.2) is 19.6 Å². The highest BCUT2D eigenvalue weighted by Gasteiger charge is 2.16. The van der Waals surface area contributed by atoms with E-state index in [0.29, 0.717) is 5.75 Å². The number of rotatable bonds is 4. The summed E-state index contributed by atoms with van der Waals surface area (Å²) in [7, 11) is 1.39. The number of carbonyl (C=O) groups is 1. The molecule has 120 valence electrons. The van der Waals surface area contributed by atoms with Crippen LogP contribution < -0.4 is 27.1 Å². The van der Waals surface area contributed by atoms with Crippen LogP contribution in [0.1, 0.15) is 5.56 Å². The number of nitrogens with zero attached hydrogens (tertiary/aromatic N) is 2. The molecule has 0 aliphatic heterocycles. The van der Waals surface area contributed by atoms with Crippen molar-refractivity contribution in [2.45, 2.75) is 0 Å². The SMILES string of the molecule is COc1ccccc1-n1c(O)c(/C=N/NC(N)=O)c(=O)[nH]c1=O. The fourth-order valence-electron chi connectivity index (χ4n) is 1.85. The summed E-state index contributed by atoms with van der Waals surface area (Å²) in [6.45, 7) is 0. The first kappa shape index (κ1) is 15.8. The summed E-state index contributed by atoms with van der Waals surface area (Å²) in [5.41, 5.74) is 4.83. The summed E-state index contributed by atoms with van der Waals surface area (Å²) >= 11 is 0. The highest BCUT2D eigenvalue weighted by Crippen LogP contribution is 2.24. The summed E-state index contributed by atoms with van der Waals surface area (Å²) in [6.07, 6.45) is 0.865. The number of hydrogen-bond donors (Lipinski definition) is 4. The Morgan fingerprint density at radius 1 is 1.43 bits per heavy atom. The lowest BCUT2D eigenvalue weighted by Crippen LogP contribution is -2.32. The summed E-state index contributed by atoms with van der Waals surface area (Å²) in [5.74, 6) is -0.367. The molecule has 0 saturated heterocycles. The van der Waals surface area contributed by atoms with Crippen LogP contribution >= 0.6 is 0 Å². The Kier molecular flexibility index (Phi) is 4.45. The van der Waals surface area contributed by atoms with Crippen molar-refractivity contribution in [2.24, 2.45) is 10.8 Å². The highest BCUT2D eigenvalue weighted by molar-refractivity contribution is 5.83. The third kappa shape index (κ3) is 3.20.